The monoisotopic (exact) mass is 310 g/mol. The van der Waals surface area contributed by atoms with E-state index in [-0.39, 0.29) is 30.0 Å². The van der Waals surface area contributed by atoms with Crippen LogP contribution in [0.2, 0.25) is 0 Å². The summed E-state index contributed by atoms with van der Waals surface area (Å²) in [6.45, 7) is 4.92. The zero-order chi connectivity index (χ0) is 15.5. The standard InChI is InChI=1S/C15H22N2O3S/c1-3-8-16-14-7-5-4-6-13(14)15(18)17-9-10-21(19,20)11-12(17)2/h4-7,12,16H,3,8-11H2,1-2H3. The van der Waals surface area contributed by atoms with Crippen molar-refractivity contribution in [3.8, 4) is 0 Å². The van der Waals surface area contributed by atoms with Crippen molar-refractivity contribution >= 4 is 21.4 Å². The predicted octanol–water partition coefficient (Wildman–Crippen LogP) is 1.77. The Hall–Kier alpha value is -1.56. The molecule has 6 heteroatoms. The molecule has 1 aromatic rings. The maximum Gasteiger partial charge on any atom is 0.256 e. The Morgan fingerprint density at radius 2 is 2.10 bits per heavy atom. The van der Waals surface area contributed by atoms with E-state index < -0.39 is 9.84 Å². The van der Waals surface area contributed by atoms with Gasteiger partial charge in [0.25, 0.3) is 5.91 Å². The van der Waals surface area contributed by atoms with Gasteiger partial charge in [-0.15, -0.1) is 0 Å². The smallest absolute Gasteiger partial charge is 0.256 e. The van der Waals surface area contributed by atoms with E-state index in [1.54, 1.807) is 17.9 Å². The van der Waals surface area contributed by atoms with Crippen molar-refractivity contribution in [1.82, 2.24) is 4.90 Å². The first-order valence-corrected chi connectivity index (χ1v) is 9.11. The van der Waals surface area contributed by atoms with Gasteiger partial charge in [-0.1, -0.05) is 19.1 Å². The number of rotatable bonds is 4. The van der Waals surface area contributed by atoms with Gasteiger partial charge in [0, 0.05) is 24.8 Å². The van der Waals surface area contributed by atoms with Crippen molar-refractivity contribution in [2.45, 2.75) is 26.3 Å². The van der Waals surface area contributed by atoms with Crippen molar-refractivity contribution in [2.24, 2.45) is 0 Å². The fraction of sp³-hybridized carbons (Fsp3) is 0.533. The molecule has 1 fully saturated rings. The molecule has 0 aliphatic carbocycles. The summed E-state index contributed by atoms with van der Waals surface area (Å²) in [6.07, 6.45) is 0.973. The van der Waals surface area contributed by atoms with Crippen molar-refractivity contribution in [2.75, 3.05) is 29.9 Å². The molecule has 1 unspecified atom stereocenters. The summed E-state index contributed by atoms with van der Waals surface area (Å²) in [4.78, 5) is 14.4. The van der Waals surface area contributed by atoms with E-state index >= 15 is 0 Å². The van der Waals surface area contributed by atoms with Crippen LogP contribution in [0.1, 0.15) is 30.6 Å². The molecule has 0 radical (unpaired) electrons. The number of carbonyl (C=O) groups is 1. The fourth-order valence-electron chi connectivity index (χ4n) is 2.54. The zero-order valence-electron chi connectivity index (χ0n) is 12.5. The van der Waals surface area contributed by atoms with Crippen LogP contribution in [0.25, 0.3) is 0 Å². The highest BCUT2D eigenvalue weighted by atomic mass is 32.2. The lowest BCUT2D eigenvalue weighted by molar-refractivity contribution is 0.0713. The van der Waals surface area contributed by atoms with E-state index in [4.69, 9.17) is 0 Å². The van der Waals surface area contributed by atoms with Crippen LogP contribution < -0.4 is 5.32 Å². The number of nitrogens with zero attached hydrogens (tertiary/aromatic N) is 1. The average molecular weight is 310 g/mol. The number of para-hydroxylation sites is 1. The molecule has 5 nitrogen and oxygen atoms in total. The molecule has 1 saturated heterocycles. The van der Waals surface area contributed by atoms with Gasteiger partial charge in [-0.05, 0) is 25.5 Å². The maximum atomic E-state index is 12.7. The summed E-state index contributed by atoms with van der Waals surface area (Å²) in [6, 6.07) is 7.11. The number of hydrogen-bond donors (Lipinski definition) is 1. The molecule has 116 valence electrons. The molecule has 21 heavy (non-hydrogen) atoms. The quantitative estimate of drug-likeness (QED) is 0.920. The third-order valence-corrected chi connectivity index (χ3v) is 5.45. The average Bonchev–Trinajstić information content (AvgIpc) is 2.44. The maximum absolute atomic E-state index is 12.7. The van der Waals surface area contributed by atoms with E-state index in [1.807, 2.05) is 18.2 Å². The Bertz CT molecular complexity index is 613. The number of amides is 1. The van der Waals surface area contributed by atoms with E-state index in [0.29, 0.717) is 5.56 Å². The molecule has 0 aromatic heterocycles. The molecule has 1 aliphatic rings. The van der Waals surface area contributed by atoms with Crippen LogP contribution in [0, 0.1) is 0 Å². The minimum atomic E-state index is -3.01. The summed E-state index contributed by atoms with van der Waals surface area (Å²) in [5.41, 5.74) is 1.42. The van der Waals surface area contributed by atoms with Gasteiger partial charge in [0.05, 0.1) is 17.1 Å². The lowest BCUT2D eigenvalue weighted by atomic mass is 10.1. The number of hydrogen-bond acceptors (Lipinski definition) is 4. The summed E-state index contributed by atoms with van der Waals surface area (Å²) in [5, 5.41) is 3.25. The first-order valence-electron chi connectivity index (χ1n) is 7.29. The van der Waals surface area contributed by atoms with Crippen LogP contribution in [-0.2, 0) is 9.84 Å². The van der Waals surface area contributed by atoms with Gasteiger partial charge >= 0.3 is 0 Å². The molecule has 1 atom stereocenters. The molecule has 1 aliphatic heterocycles. The van der Waals surface area contributed by atoms with Gasteiger partial charge in [0.15, 0.2) is 9.84 Å². The first kappa shape index (κ1) is 15.8. The van der Waals surface area contributed by atoms with Crippen LogP contribution in [0.3, 0.4) is 0 Å². The Morgan fingerprint density at radius 1 is 1.38 bits per heavy atom. The molecular weight excluding hydrogens is 288 g/mol. The van der Waals surface area contributed by atoms with E-state index in [9.17, 15) is 13.2 Å². The number of nitrogens with one attached hydrogen (secondary N) is 1. The summed E-state index contributed by atoms with van der Waals surface area (Å²) in [7, 11) is -3.01. The molecule has 2 rings (SSSR count). The van der Waals surface area contributed by atoms with Crippen LogP contribution in [0.5, 0.6) is 0 Å². The number of carbonyl (C=O) groups excluding carboxylic acids is 1. The third kappa shape index (κ3) is 3.75. The van der Waals surface area contributed by atoms with Crippen molar-refractivity contribution in [3.05, 3.63) is 29.8 Å². The predicted molar refractivity (Wildman–Crippen MR) is 84.4 cm³/mol. The molecule has 1 N–H and O–H groups in total. The minimum Gasteiger partial charge on any atom is -0.384 e. The molecular formula is C15H22N2O3S. The van der Waals surface area contributed by atoms with Gasteiger partial charge in [-0.3, -0.25) is 4.79 Å². The van der Waals surface area contributed by atoms with Crippen LogP contribution in [-0.4, -0.2) is 49.9 Å². The molecule has 0 saturated carbocycles. The van der Waals surface area contributed by atoms with Gasteiger partial charge in [0.2, 0.25) is 0 Å². The fourth-order valence-corrected chi connectivity index (χ4v) is 4.09. The van der Waals surface area contributed by atoms with E-state index in [0.717, 1.165) is 18.7 Å². The van der Waals surface area contributed by atoms with Crippen LogP contribution in [0.15, 0.2) is 24.3 Å². The van der Waals surface area contributed by atoms with Gasteiger partial charge < -0.3 is 10.2 Å². The van der Waals surface area contributed by atoms with Crippen molar-refractivity contribution in [3.63, 3.8) is 0 Å². The minimum absolute atomic E-state index is 0.0449. The molecule has 1 amide bonds. The second-order valence-corrected chi connectivity index (χ2v) is 7.66. The van der Waals surface area contributed by atoms with E-state index in [1.165, 1.54) is 0 Å². The molecule has 0 bridgehead atoms. The van der Waals surface area contributed by atoms with Crippen LogP contribution in [0.4, 0.5) is 5.69 Å². The highest BCUT2D eigenvalue weighted by Gasteiger charge is 2.32. The Balaban J connectivity index is 2.20. The summed E-state index contributed by atoms with van der Waals surface area (Å²) < 4.78 is 23.2. The van der Waals surface area contributed by atoms with Crippen molar-refractivity contribution < 1.29 is 13.2 Å². The first-order chi connectivity index (χ1) is 9.94. The Labute approximate surface area is 126 Å². The lowest BCUT2D eigenvalue weighted by Gasteiger charge is -2.33. The normalized spacial score (nSPS) is 21.0. The second kappa shape index (κ2) is 6.47. The lowest BCUT2D eigenvalue weighted by Crippen LogP contribution is -2.49. The zero-order valence-corrected chi connectivity index (χ0v) is 13.3. The summed E-state index contributed by atoms with van der Waals surface area (Å²) in [5.74, 6) is -0.00619. The number of benzene rings is 1. The largest absolute Gasteiger partial charge is 0.384 e. The number of anilines is 1. The SMILES string of the molecule is CCCNc1ccccc1C(=O)N1CCS(=O)(=O)CC1C. The highest BCUT2D eigenvalue weighted by Crippen LogP contribution is 2.21. The molecule has 1 heterocycles. The van der Waals surface area contributed by atoms with Crippen LogP contribution >= 0.6 is 0 Å². The van der Waals surface area contributed by atoms with E-state index in [2.05, 4.69) is 12.2 Å². The van der Waals surface area contributed by atoms with Gasteiger partial charge in [-0.2, -0.15) is 0 Å². The molecule has 0 spiro atoms. The van der Waals surface area contributed by atoms with Gasteiger partial charge in [-0.25, -0.2) is 8.42 Å². The second-order valence-electron chi connectivity index (χ2n) is 5.43. The summed E-state index contributed by atoms with van der Waals surface area (Å²) >= 11 is 0. The number of sulfone groups is 1. The third-order valence-electron chi connectivity index (χ3n) is 3.65. The van der Waals surface area contributed by atoms with Crippen molar-refractivity contribution in [1.29, 1.82) is 0 Å². The Kier molecular flexibility index (Phi) is 4.88. The van der Waals surface area contributed by atoms with Gasteiger partial charge in [0.1, 0.15) is 0 Å². The highest BCUT2D eigenvalue weighted by molar-refractivity contribution is 7.91. The topological polar surface area (TPSA) is 66.5 Å². The Morgan fingerprint density at radius 3 is 2.76 bits per heavy atom. The molecule has 1 aromatic carbocycles.